The van der Waals surface area contributed by atoms with Crippen LogP contribution in [-0.4, -0.2) is 54.3 Å². The number of ether oxygens (including phenoxy) is 2. The maximum atomic E-state index is 5.84. The molecule has 3 rings (SSSR count). The highest BCUT2D eigenvalue weighted by atomic mass is 16.5. The molecule has 1 saturated heterocycles. The van der Waals surface area contributed by atoms with Gasteiger partial charge < -0.3 is 9.47 Å². The number of fused-ring (bicyclic) bond motifs is 1. The third-order valence-corrected chi connectivity index (χ3v) is 4.22. The van der Waals surface area contributed by atoms with Crippen LogP contribution in [0.1, 0.15) is 25.7 Å². The van der Waals surface area contributed by atoms with Crippen molar-refractivity contribution in [3.05, 3.63) is 30.6 Å². The monoisotopic (exact) mass is 315 g/mol. The predicted molar refractivity (Wildman–Crippen MR) is 90.8 cm³/mol. The summed E-state index contributed by atoms with van der Waals surface area (Å²) in [7, 11) is 0. The summed E-state index contributed by atoms with van der Waals surface area (Å²) in [5, 5.41) is 0.988. The van der Waals surface area contributed by atoms with E-state index in [0.717, 1.165) is 50.2 Å². The van der Waals surface area contributed by atoms with Gasteiger partial charge in [0.25, 0.3) is 0 Å². The average Bonchev–Trinajstić information content (AvgIpc) is 2.62. The Kier molecular flexibility index (Phi) is 6.17. The standard InChI is InChI=1S/C18H25N3O2/c1(5-9-21-10-13-22-14-11-21)2-6-12-23-18-16-7-3-4-8-17(16)19-15-20-18/h3-4,7-8,15H,1-2,5-6,9-14H2. The highest BCUT2D eigenvalue weighted by molar-refractivity contribution is 5.82. The average molecular weight is 315 g/mol. The van der Waals surface area contributed by atoms with E-state index < -0.39 is 0 Å². The number of unbranched alkanes of at least 4 members (excludes halogenated alkanes) is 3. The summed E-state index contributed by atoms with van der Waals surface area (Å²) >= 11 is 0. The molecule has 0 amide bonds. The Morgan fingerprint density at radius 1 is 1.00 bits per heavy atom. The van der Waals surface area contributed by atoms with E-state index in [9.17, 15) is 0 Å². The van der Waals surface area contributed by atoms with Crippen molar-refractivity contribution in [3.63, 3.8) is 0 Å². The molecule has 0 unspecified atom stereocenters. The smallest absolute Gasteiger partial charge is 0.224 e. The molecule has 124 valence electrons. The minimum Gasteiger partial charge on any atom is -0.477 e. The first kappa shape index (κ1) is 16.1. The number of hydrogen-bond acceptors (Lipinski definition) is 5. The maximum absolute atomic E-state index is 5.84. The highest BCUT2D eigenvalue weighted by Crippen LogP contribution is 2.20. The van der Waals surface area contributed by atoms with Crippen molar-refractivity contribution < 1.29 is 9.47 Å². The van der Waals surface area contributed by atoms with Crippen LogP contribution in [0.4, 0.5) is 0 Å². The molecule has 0 aliphatic carbocycles. The highest BCUT2D eigenvalue weighted by Gasteiger charge is 2.09. The van der Waals surface area contributed by atoms with E-state index in [1.807, 2.05) is 24.3 Å². The Bertz CT molecular complexity index is 594. The number of aromatic nitrogens is 2. The van der Waals surface area contributed by atoms with Crippen molar-refractivity contribution in [3.8, 4) is 5.88 Å². The molecule has 23 heavy (non-hydrogen) atoms. The van der Waals surface area contributed by atoms with Crippen LogP contribution in [0.2, 0.25) is 0 Å². The molecule has 1 fully saturated rings. The van der Waals surface area contributed by atoms with E-state index >= 15 is 0 Å². The van der Waals surface area contributed by atoms with Gasteiger partial charge in [-0.3, -0.25) is 4.90 Å². The lowest BCUT2D eigenvalue weighted by atomic mass is 10.2. The Morgan fingerprint density at radius 3 is 2.74 bits per heavy atom. The van der Waals surface area contributed by atoms with Gasteiger partial charge in [0.15, 0.2) is 0 Å². The molecule has 0 radical (unpaired) electrons. The molecule has 1 aliphatic rings. The zero-order valence-corrected chi connectivity index (χ0v) is 13.6. The summed E-state index contributed by atoms with van der Waals surface area (Å²) in [5.74, 6) is 0.698. The zero-order chi connectivity index (χ0) is 15.7. The molecule has 1 aromatic heterocycles. The third kappa shape index (κ3) is 4.88. The van der Waals surface area contributed by atoms with Gasteiger partial charge in [0.05, 0.1) is 30.7 Å². The first-order valence-electron chi connectivity index (χ1n) is 8.56. The largest absolute Gasteiger partial charge is 0.477 e. The Hall–Kier alpha value is -1.72. The van der Waals surface area contributed by atoms with E-state index in [4.69, 9.17) is 9.47 Å². The second-order valence-electron chi connectivity index (χ2n) is 5.91. The molecule has 0 saturated carbocycles. The van der Waals surface area contributed by atoms with Gasteiger partial charge >= 0.3 is 0 Å². The zero-order valence-electron chi connectivity index (χ0n) is 13.6. The van der Waals surface area contributed by atoms with Crippen molar-refractivity contribution in [2.45, 2.75) is 25.7 Å². The van der Waals surface area contributed by atoms with Crippen LogP contribution < -0.4 is 4.74 Å². The molecule has 1 aliphatic heterocycles. The number of nitrogens with zero attached hydrogens (tertiary/aromatic N) is 3. The molecule has 2 aromatic rings. The fourth-order valence-corrected chi connectivity index (χ4v) is 2.88. The van der Waals surface area contributed by atoms with E-state index in [2.05, 4.69) is 14.9 Å². The first-order chi connectivity index (χ1) is 11.4. The fourth-order valence-electron chi connectivity index (χ4n) is 2.88. The molecule has 0 N–H and O–H groups in total. The van der Waals surface area contributed by atoms with Gasteiger partial charge in [-0.25, -0.2) is 9.97 Å². The number of morpholine rings is 1. The first-order valence-corrected chi connectivity index (χ1v) is 8.56. The number of benzene rings is 1. The molecule has 2 heterocycles. The van der Waals surface area contributed by atoms with E-state index in [1.165, 1.54) is 25.8 Å². The second-order valence-corrected chi connectivity index (χ2v) is 5.91. The van der Waals surface area contributed by atoms with E-state index in [1.54, 1.807) is 6.33 Å². The minimum absolute atomic E-state index is 0.698. The van der Waals surface area contributed by atoms with Crippen molar-refractivity contribution in [1.82, 2.24) is 14.9 Å². The molecule has 5 nitrogen and oxygen atoms in total. The Balaban J connectivity index is 1.32. The molecule has 5 heteroatoms. The summed E-state index contributed by atoms with van der Waals surface area (Å²) < 4.78 is 11.2. The van der Waals surface area contributed by atoms with Gasteiger partial charge in [-0.2, -0.15) is 0 Å². The fraction of sp³-hybridized carbons (Fsp3) is 0.556. The maximum Gasteiger partial charge on any atom is 0.224 e. The molecule has 0 bridgehead atoms. The summed E-state index contributed by atoms with van der Waals surface area (Å²) in [6.07, 6.45) is 6.36. The van der Waals surface area contributed by atoms with E-state index in [-0.39, 0.29) is 0 Å². The van der Waals surface area contributed by atoms with Crippen LogP contribution >= 0.6 is 0 Å². The number of rotatable bonds is 8. The van der Waals surface area contributed by atoms with Crippen LogP contribution in [0.25, 0.3) is 10.9 Å². The van der Waals surface area contributed by atoms with E-state index in [0.29, 0.717) is 5.88 Å². The molecular weight excluding hydrogens is 290 g/mol. The SMILES string of the molecule is c1ccc2c(OCCCCCCN3CCOCC3)ncnc2c1. The normalized spacial score (nSPS) is 15.8. The van der Waals surface area contributed by atoms with Crippen molar-refractivity contribution in [2.75, 3.05) is 39.5 Å². The summed E-state index contributed by atoms with van der Waals surface area (Å²) in [6, 6.07) is 7.96. The van der Waals surface area contributed by atoms with Crippen LogP contribution in [0, 0.1) is 0 Å². The third-order valence-electron chi connectivity index (χ3n) is 4.22. The second kappa shape index (κ2) is 8.79. The lowest BCUT2D eigenvalue weighted by Gasteiger charge is -2.26. The molecule has 0 spiro atoms. The van der Waals surface area contributed by atoms with Crippen molar-refractivity contribution in [2.24, 2.45) is 0 Å². The Morgan fingerprint density at radius 2 is 1.83 bits per heavy atom. The van der Waals surface area contributed by atoms with Crippen LogP contribution in [0.15, 0.2) is 30.6 Å². The van der Waals surface area contributed by atoms with Crippen molar-refractivity contribution in [1.29, 1.82) is 0 Å². The molecule has 0 atom stereocenters. The van der Waals surface area contributed by atoms with Crippen LogP contribution in [-0.2, 0) is 4.74 Å². The Labute approximate surface area is 137 Å². The quantitative estimate of drug-likeness (QED) is 0.701. The van der Waals surface area contributed by atoms with Gasteiger partial charge in [0.1, 0.15) is 6.33 Å². The number of para-hydroxylation sites is 1. The summed E-state index contributed by atoms with van der Waals surface area (Å²) in [5.41, 5.74) is 0.933. The van der Waals surface area contributed by atoms with Crippen LogP contribution in [0.5, 0.6) is 5.88 Å². The number of hydrogen-bond donors (Lipinski definition) is 0. The lowest BCUT2D eigenvalue weighted by Crippen LogP contribution is -2.36. The summed E-state index contributed by atoms with van der Waals surface area (Å²) in [4.78, 5) is 11.0. The summed E-state index contributed by atoms with van der Waals surface area (Å²) in [6.45, 7) is 5.87. The van der Waals surface area contributed by atoms with Gasteiger partial charge in [-0.1, -0.05) is 25.0 Å². The van der Waals surface area contributed by atoms with Crippen LogP contribution in [0.3, 0.4) is 0 Å². The topological polar surface area (TPSA) is 47.5 Å². The lowest BCUT2D eigenvalue weighted by molar-refractivity contribution is 0.0371. The van der Waals surface area contributed by atoms with Gasteiger partial charge in [-0.05, 0) is 31.5 Å². The van der Waals surface area contributed by atoms with Gasteiger partial charge in [0, 0.05) is 13.1 Å². The van der Waals surface area contributed by atoms with Gasteiger partial charge in [-0.15, -0.1) is 0 Å². The molecule has 1 aromatic carbocycles. The predicted octanol–water partition coefficient (Wildman–Crippen LogP) is 2.90. The van der Waals surface area contributed by atoms with Crippen molar-refractivity contribution >= 4 is 10.9 Å². The minimum atomic E-state index is 0.698. The molecular formula is C18H25N3O2. The van der Waals surface area contributed by atoms with Gasteiger partial charge in [0.2, 0.25) is 5.88 Å².